The number of rotatable bonds is 4. The number of benzene rings is 1. The minimum absolute atomic E-state index is 0.140. The van der Waals surface area contributed by atoms with Crippen LogP contribution in [0.3, 0.4) is 0 Å². The lowest BCUT2D eigenvalue weighted by Crippen LogP contribution is -2.10. The number of carbonyl (C=O) groups is 1. The van der Waals surface area contributed by atoms with Crippen LogP contribution >= 0.6 is 22.7 Å². The summed E-state index contributed by atoms with van der Waals surface area (Å²) in [5, 5.41) is 7.50. The van der Waals surface area contributed by atoms with Gasteiger partial charge in [-0.2, -0.15) is 11.3 Å². The van der Waals surface area contributed by atoms with Crippen molar-refractivity contribution in [1.29, 1.82) is 0 Å². The van der Waals surface area contributed by atoms with Gasteiger partial charge in [-0.1, -0.05) is 12.1 Å². The van der Waals surface area contributed by atoms with Crippen LogP contribution in [0, 0.1) is 12.7 Å². The van der Waals surface area contributed by atoms with Gasteiger partial charge in [0.05, 0.1) is 16.4 Å². The summed E-state index contributed by atoms with van der Waals surface area (Å²) in [7, 11) is 0. The molecule has 1 aromatic carbocycles. The number of nitrogens with zero attached hydrogens (tertiary/aromatic N) is 1. The average Bonchev–Trinajstić information content (AvgIpc) is 3.11. The van der Waals surface area contributed by atoms with Gasteiger partial charge in [-0.15, -0.1) is 11.3 Å². The molecule has 1 amide bonds. The van der Waals surface area contributed by atoms with Crippen LogP contribution in [0.2, 0.25) is 0 Å². The SMILES string of the molecule is Cc1nc(Cc2ccc(F)cc2)sc1C(=O)Nc1ccsc1. The Morgan fingerprint density at radius 1 is 1.27 bits per heavy atom. The van der Waals surface area contributed by atoms with E-state index >= 15 is 0 Å². The molecule has 22 heavy (non-hydrogen) atoms. The number of thiazole rings is 1. The van der Waals surface area contributed by atoms with Crippen molar-refractivity contribution in [2.75, 3.05) is 5.32 Å². The molecule has 3 aromatic rings. The molecule has 0 saturated carbocycles. The van der Waals surface area contributed by atoms with Crippen molar-refractivity contribution in [3.63, 3.8) is 0 Å². The summed E-state index contributed by atoms with van der Waals surface area (Å²) in [4.78, 5) is 17.3. The van der Waals surface area contributed by atoms with E-state index in [9.17, 15) is 9.18 Å². The minimum atomic E-state index is -0.255. The fourth-order valence-corrected chi connectivity index (χ4v) is 3.62. The third-order valence-corrected chi connectivity index (χ3v) is 4.93. The van der Waals surface area contributed by atoms with Crippen LogP contribution in [0.1, 0.15) is 25.9 Å². The highest BCUT2D eigenvalue weighted by atomic mass is 32.1. The summed E-state index contributed by atoms with van der Waals surface area (Å²) >= 11 is 2.91. The number of anilines is 1. The summed E-state index contributed by atoms with van der Waals surface area (Å²) in [6.45, 7) is 1.83. The van der Waals surface area contributed by atoms with E-state index in [0.29, 0.717) is 11.3 Å². The number of carbonyl (C=O) groups excluding carboxylic acids is 1. The van der Waals surface area contributed by atoms with Gasteiger partial charge in [-0.25, -0.2) is 9.37 Å². The lowest BCUT2D eigenvalue weighted by atomic mass is 10.1. The highest BCUT2D eigenvalue weighted by molar-refractivity contribution is 7.14. The first-order valence-electron chi connectivity index (χ1n) is 6.66. The molecule has 0 unspecified atom stereocenters. The molecular weight excluding hydrogens is 319 g/mol. The standard InChI is InChI=1S/C16H13FN2OS2/c1-10-15(16(20)19-13-6-7-21-9-13)22-14(18-10)8-11-2-4-12(17)5-3-11/h2-7,9H,8H2,1H3,(H,19,20). The summed E-state index contributed by atoms with van der Waals surface area (Å²) in [5.74, 6) is -0.395. The maximum absolute atomic E-state index is 12.9. The Kier molecular flexibility index (Phi) is 4.31. The van der Waals surface area contributed by atoms with Gasteiger partial charge in [-0.05, 0) is 36.1 Å². The van der Waals surface area contributed by atoms with Crippen molar-refractivity contribution in [2.24, 2.45) is 0 Å². The number of hydrogen-bond donors (Lipinski definition) is 1. The lowest BCUT2D eigenvalue weighted by Gasteiger charge is -2.00. The maximum Gasteiger partial charge on any atom is 0.267 e. The highest BCUT2D eigenvalue weighted by Crippen LogP contribution is 2.23. The van der Waals surface area contributed by atoms with Gasteiger partial charge in [0.1, 0.15) is 10.7 Å². The first kappa shape index (κ1) is 14.9. The van der Waals surface area contributed by atoms with Crippen molar-refractivity contribution >= 4 is 34.3 Å². The van der Waals surface area contributed by atoms with Gasteiger partial charge in [-0.3, -0.25) is 4.79 Å². The molecule has 6 heteroatoms. The summed E-state index contributed by atoms with van der Waals surface area (Å²) in [6, 6.07) is 8.19. The number of halogens is 1. The van der Waals surface area contributed by atoms with Gasteiger partial charge < -0.3 is 5.32 Å². The van der Waals surface area contributed by atoms with Crippen LogP contribution < -0.4 is 5.32 Å². The lowest BCUT2D eigenvalue weighted by molar-refractivity contribution is 0.103. The Bertz CT molecular complexity index is 779. The normalized spacial score (nSPS) is 10.6. The Hall–Kier alpha value is -2.05. The van der Waals surface area contributed by atoms with Crippen LogP contribution in [0.4, 0.5) is 10.1 Å². The van der Waals surface area contributed by atoms with Gasteiger partial charge in [0.25, 0.3) is 5.91 Å². The van der Waals surface area contributed by atoms with Gasteiger partial charge in [0.2, 0.25) is 0 Å². The number of aromatic nitrogens is 1. The summed E-state index contributed by atoms with van der Waals surface area (Å²) in [5.41, 5.74) is 2.48. The zero-order chi connectivity index (χ0) is 15.5. The highest BCUT2D eigenvalue weighted by Gasteiger charge is 2.15. The van der Waals surface area contributed by atoms with E-state index in [2.05, 4.69) is 10.3 Å². The Morgan fingerprint density at radius 3 is 2.73 bits per heavy atom. The molecule has 0 aliphatic heterocycles. The van der Waals surface area contributed by atoms with Gasteiger partial charge in [0, 0.05) is 11.8 Å². The van der Waals surface area contributed by atoms with E-state index in [0.717, 1.165) is 22.0 Å². The van der Waals surface area contributed by atoms with Gasteiger partial charge >= 0.3 is 0 Å². The maximum atomic E-state index is 12.9. The molecule has 112 valence electrons. The van der Waals surface area contributed by atoms with Crippen LogP contribution in [-0.2, 0) is 6.42 Å². The molecule has 0 aliphatic carbocycles. The van der Waals surface area contributed by atoms with Crippen LogP contribution in [-0.4, -0.2) is 10.9 Å². The number of hydrogen-bond acceptors (Lipinski definition) is 4. The van der Waals surface area contributed by atoms with Crippen LogP contribution in [0.15, 0.2) is 41.1 Å². The van der Waals surface area contributed by atoms with E-state index in [-0.39, 0.29) is 11.7 Å². The molecule has 3 rings (SSSR count). The molecule has 1 N–H and O–H groups in total. The van der Waals surface area contributed by atoms with Crippen molar-refractivity contribution in [3.05, 3.63) is 68.1 Å². The monoisotopic (exact) mass is 332 g/mol. The van der Waals surface area contributed by atoms with Crippen LogP contribution in [0.25, 0.3) is 0 Å². The third kappa shape index (κ3) is 3.40. The van der Waals surface area contributed by atoms with Gasteiger partial charge in [0.15, 0.2) is 0 Å². The van der Waals surface area contributed by atoms with E-state index in [1.54, 1.807) is 12.1 Å². The molecule has 2 heterocycles. The molecule has 0 radical (unpaired) electrons. The van der Waals surface area contributed by atoms with Crippen molar-refractivity contribution in [3.8, 4) is 0 Å². The molecule has 0 bridgehead atoms. The fourth-order valence-electron chi connectivity index (χ4n) is 2.04. The number of thiophene rings is 1. The Balaban J connectivity index is 1.75. The minimum Gasteiger partial charge on any atom is -0.320 e. The Morgan fingerprint density at radius 2 is 2.05 bits per heavy atom. The van der Waals surface area contributed by atoms with E-state index in [1.165, 1.54) is 34.8 Å². The van der Waals surface area contributed by atoms with Crippen molar-refractivity contribution < 1.29 is 9.18 Å². The topological polar surface area (TPSA) is 42.0 Å². The number of nitrogens with one attached hydrogen (secondary N) is 1. The first-order valence-corrected chi connectivity index (χ1v) is 8.42. The molecule has 0 spiro atoms. The number of amides is 1. The van der Waals surface area contributed by atoms with E-state index in [4.69, 9.17) is 0 Å². The summed E-state index contributed by atoms with van der Waals surface area (Å²) in [6.07, 6.45) is 0.595. The smallest absolute Gasteiger partial charge is 0.267 e. The first-order chi connectivity index (χ1) is 10.6. The summed E-state index contributed by atoms with van der Waals surface area (Å²) < 4.78 is 12.9. The zero-order valence-electron chi connectivity index (χ0n) is 11.8. The predicted octanol–water partition coefficient (Wildman–Crippen LogP) is 4.50. The average molecular weight is 332 g/mol. The zero-order valence-corrected chi connectivity index (χ0v) is 13.4. The molecule has 2 aromatic heterocycles. The largest absolute Gasteiger partial charge is 0.320 e. The van der Waals surface area contributed by atoms with E-state index in [1.807, 2.05) is 23.8 Å². The van der Waals surface area contributed by atoms with E-state index < -0.39 is 0 Å². The third-order valence-electron chi connectivity index (χ3n) is 3.09. The Labute approximate surface area is 135 Å². The second-order valence-corrected chi connectivity index (χ2v) is 6.66. The molecule has 0 atom stereocenters. The van der Waals surface area contributed by atoms with Crippen molar-refractivity contribution in [2.45, 2.75) is 13.3 Å². The predicted molar refractivity (Wildman–Crippen MR) is 88.3 cm³/mol. The second kappa shape index (κ2) is 6.37. The number of aryl methyl sites for hydroxylation is 1. The molecule has 0 saturated heterocycles. The second-order valence-electron chi connectivity index (χ2n) is 4.79. The molecule has 0 aliphatic rings. The molecule has 0 fully saturated rings. The van der Waals surface area contributed by atoms with Crippen molar-refractivity contribution in [1.82, 2.24) is 4.98 Å². The molecule has 3 nitrogen and oxygen atoms in total. The molecular formula is C16H13FN2OS2. The fraction of sp³-hybridized carbons (Fsp3) is 0.125. The van der Waals surface area contributed by atoms with Crippen LogP contribution in [0.5, 0.6) is 0 Å². The quantitative estimate of drug-likeness (QED) is 0.764.